The minimum absolute atomic E-state index is 0.141. The van der Waals surface area contributed by atoms with E-state index in [9.17, 15) is 9.90 Å². The molecule has 1 aromatic carbocycles. The molecule has 1 aliphatic carbocycles. The van der Waals surface area contributed by atoms with Gasteiger partial charge in [-0.15, -0.1) is 0 Å². The van der Waals surface area contributed by atoms with Crippen LogP contribution in [0.2, 0.25) is 0 Å². The van der Waals surface area contributed by atoms with Crippen LogP contribution in [0.1, 0.15) is 54.7 Å². The first-order chi connectivity index (χ1) is 10.2. The first-order valence-electron chi connectivity index (χ1n) is 7.62. The maximum Gasteiger partial charge on any atom is 0.356 e. The van der Waals surface area contributed by atoms with E-state index in [2.05, 4.69) is 24.2 Å². The lowest BCUT2D eigenvalue weighted by Crippen LogP contribution is -2.10. The van der Waals surface area contributed by atoms with Crippen molar-refractivity contribution in [2.24, 2.45) is 0 Å². The zero-order valence-electron chi connectivity index (χ0n) is 12.2. The molecule has 0 atom stereocenters. The highest BCUT2D eigenvalue weighted by atomic mass is 16.4. The van der Waals surface area contributed by atoms with Crippen LogP contribution in [0.3, 0.4) is 0 Å². The van der Waals surface area contributed by atoms with Crippen LogP contribution in [0.25, 0.3) is 11.3 Å². The smallest absolute Gasteiger partial charge is 0.356 e. The predicted molar refractivity (Wildman–Crippen MR) is 81.5 cm³/mol. The molecule has 0 radical (unpaired) electrons. The Labute approximate surface area is 124 Å². The standard InChI is InChI=1S/C17H20N2O2/c1-2-12-7-3-6-10-14(12)16-11-15(17(20)21)18-19(16)13-8-4-5-9-13/h3,6-7,10-11,13H,2,4-5,8-9H2,1H3,(H,20,21). The van der Waals surface area contributed by atoms with Gasteiger partial charge < -0.3 is 5.11 Å². The summed E-state index contributed by atoms with van der Waals surface area (Å²) in [5.41, 5.74) is 3.42. The predicted octanol–water partition coefficient (Wildman–Crippen LogP) is 3.93. The maximum atomic E-state index is 11.3. The Morgan fingerprint density at radius 1 is 1.33 bits per heavy atom. The quantitative estimate of drug-likeness (QED) is 0.925. The van der Waals surface area contributed by atoms with E-state index < -0.39 is 5.97 Å². The monoisotopic (exact) mass is 284 g/mol. The van der Waals surface area contributed by atoms with Crippen molar-refractivity contribution in [3.8, 4) is 11.3 Å². The van der Waals surface area contributed by atoms with Crippen LogP contribution in [0.5, 0.6) is 0 Å². The van der Waals surface area contributed by atoms with Crippen LogP contribution in [-0.2, 0) is 6.42 Å². The van der Waals surface area contributed by atoms with Gasteiger partial charge in [-0.05, 0) is 30.9 Å². The van der Waals surface area contributed by atoms with Gasteiger partial charge in [0.05, 0.1) is 11.7 Å². The van der Waals surface area contributed by atoms with E-state index in [1.165, 1.54) is 18.4 Å². The highest BCUT2D eigenvalue weighted by Gasteiger charge is 2.24. The fraction of sp³-hybridized carbons (Fsp3) is 0.412. The molecular weight excluding hydrogens is 264 g/mol. The number of carboxylic acids is 1. The van der Waals surface area contributed by atoms with Gasteiger partial charge in [0.2, 0.25) is 0 Å². The molecular formula is C17H20N2O2. The lowest BCUT2D eigenvalue weighted by molar-refractivity contribution is 0.0689. The summed E-state index contributed by atoms with van der Waals surface area (Å²) in [5.74, 6) is -0.957. The van der Waals surface area contributed by atoms with Crippen molar-refractivity contribution >= 4 is 5.97 Å². The molecule has 0 aliphatic heterocycles. The molecule has 4 heteroatoms. The molecule has 1 saturated carbocycles. The minimum atomic E-state index is -0.957. The minimum Gasteiger partial charge on any atom is -0.476 e. The van der Waals surface area contributed by atoms with Crippen LogP contribution in [0.4, 0.5) is 0 Å². The molecule has 110 valence electrons. The first kappa shape index (κ1) is 13.9. The average molecular weight is 284 g/mol. The molecule has 1 aromatic heterocycles. The molecule has 0 amide bonds. The summed E-state index contributed by atoms with van der Waals surface area (Å²) in [4.78, 5) is 11.3. The van der Waals surface area contributed by atoms with Crippen molar-refractivity contribution in [3.05, 3.63) is 41.6 Å². The molecule has 0 unspecified atom stereocenters. The number of aryl methyl sites for hydroxylation is 1. The third kappa shape index (κ3) is 2.58. The Morgan fingerprint density at radius 2 is 2.05 bits per heavy atom. The molecule has 0 saturated heterocycles. The molecule has 1 aliphatic rings. The third-order valence-corrected chi connectivity index (χ3v) is 4.30. The van der Waals surface area contributed by atoms with E-state index >= 15 is 0 Å². The molecule has 0 spiro atoms. The van der Waals surface area contributed by atoms with Gasteiger partial charge in [-0.3, -0.25) is 4.68 Å². The number of nitrogens with zero attached hydrogens (tertiary/aromatic N) is 2. The Bertz CT molecular complexity index is 655. The van der Waals surface area contributed by atoms with Gasteiger partial charge in [-0.25, -0.2) is 4.79 Å². The normalized spacial score (nSPS) is 15.5. The van der Waals surface area contributed by atoms with E-state index in [4.69, 9.17) is 0 Å². The lowest BCUT2D eigenvalue weighted by Gasteiger charge is -2.16. The molecule has 2 aromatic rings. The zero-order valence-corrected chi connectivity index (χ0v) is 12.2. The van der Waals surface area contributed by atoms with E-state index in [1.807, 2.05) is 16.8 Å². The Balaban J connectivity index is 2.13. The second kappa shape index (κ2) is 5.72. The summed E-state index contributed by atoms with van der Waals surface area (Å²) in [7, 11) is 0. The van der Waals surface area contributed by atoms with Crippen LogP contribution < -0.4 is 0 Å². The van der Waals surface area contributed by atoms with Crippen molar-refractivity contribution < 1.29 is 9.90 Å². The van der Waals surface area contributed by atoms with Gasteiger partial charge in [0.15, 0.2) is 5.69 Å². The van der Waals surface area contributed by atoms with Gasteiger partial charge in [-0.2, -0.15) is 5.10 Å². The number of aromatic carboxylic acids is 1. The van der Waals surface area contributed by atoms with Gasteiger partial charge in [-0.1, -0.05) is 44.0 Å². The number of hydrogen-bond donors (Lipinski definition) is 1. The van der Waals surface area contributed by atoms with Crippen LogP contribution in [-0.4, -0.2) is 20.9 Å². The molecule has 1 N–H and O–H groups in total. The molecule has 4 nitrogen and oxygen atoms in total. The number of hydrogen-bond acceptors (Lipinski definition) is 2. The summed E-state index contributed by atoms with van der Waals surface area (Å²) in [5, 5.41) is 13.6. The van der Waals surface area contributed by atoms with Crippen molar-refractivity contribution in [1.29, 1.82) is 0 Å². The Hall–Kier alpha value is -2.10. The van der Waals surface area contributed by atoms with Crippen LogP contribution in [0, 0.1) is 0 Å². The number of aromatic nitrogens is 2. The van der Waals surface area contributed by atoms with E-state index in [0.29, 0.717) is 6.04 Å². The fourth-order valence-electron chi connectivity index (χ4n) is 3.21. The van der Waals surface area contributed by atoms with E-state index in [1.54, 1.807) is 6.07 Å². The average Bonchev–Trinajstić information content (AvgIpc) is 3.16. The van der Waals surface area contributed by atoms with Gasteiger partial charge >= 0.3 is 5.97 Å². The SMILES string of the molecule is CCc1ccccc1-c1cc(C(=O)O)nn1C1CCCC1. The maximum absolute atomic E-state index is 11.3. The number of carboxylic acid groups (broad SMARTS) is 1. The highest BCUT2D eigenvalue weighted by Crippen LogP contribution is 2.34. The van der Waals surface area contributed by atoms with Gasteiger partial charge in [0, 0.05) is 5.56 Å². The second-order valence-electron chi connectivity index (χ2n) is 5.61. The van der Waals surface area contributed by atoms with Crippen molar-refractivity contribution in [2.45, 2.75) is 45.1 Å². The third-order valence-electron chi connectivity index (χ3n) is 4.30. The molecule has 3 rings (SSSR count). The lowest BCUT2D eigenvalue weighted by atomic mass is 10.0. The Morgan fingerprint density at radius 3 is 2.71 bits per heavy atom. The molecule has 1 fully saturated rings. The summed E-state index contributed by atoms with van der Waals surface area (Å²) in [6.07, 6.45) is 5.49. The second-order valence-corrected chi connectivity index (χ2v) is 5.61. The van der Waals surface area contributed by atoms with Crippen molar-refractivity contribution in [2.75, 3.05) is 0 Å². The molecule has 0 bridgehead atoms. The van der Waals surface area contributed by atoms with E-state index in [0.717, 1.165) is 30.5 Å². The Kier molecular flexibility index (Phi) is 3.78. The summed E-state index contributed by atoms with van der Waals surface area (Å²) in [6, 6.07) is 10.2. The highest BCUT2D eigenvalue weighted by molar-refractivity contribution is 5.87. The topological polar surface area (TPSA) is 55.1 Å². The first-order valence-corrected chi connectivity index (χ1v) is 7.62. The summed E-state index contributed by atoms with van der Waals surface area (Å²) < 4.78 is 1.95. The summed E-state index contributed by atoms with van der Waals surface area (Å²) >= 11 is 0. The largest absolute Gasteiger partial charge is 0.476 e. The molecule has 21 heavy (non-hydrogen) atoms. The van der Waals surface area contributed by atoms with Crippen molar-refractivity contribution in [1.82, 2.24) is 9.78 Å². The number of rotatable bonds is 4. The summed E-state index contributed by atoms with van der Waals surface area (Å²) in [6.45, 7) is 2.12. The fourth-order valence-corrected chi connectivity index (χ4v) is 3.21. The zero-order chi connectivity index (χ0) is 14.8. The van der Waals surface area contributed by atoms with Gasteiger partial charge in [0.25, 0.3) is 0 Å². The number of benzene rings is 1. The van der Waals surface area contributed by atoms with Gasteiger partial charge in [0.1, 0.15) is 0 Å². The number of carbonyl (C=O) groups is 1. The van der Waals surface area contributed by atoms with Crippen LogP contribution in [0.15, 0.2) is 30.3 Å². The molecule has 1 heterocycles. The van der Waals surface area contributed by atoms with Crippen LogP contribution >= 0.6 is 0 Å². The van der Waals surface area contributed by atoms with E-state index in [-0.39, 0.29) is 5.69 Å². The van der Waals surface area contributed by atoms with Crippen molar-refractivity contribution in [3.63, 3.8) is 0 Å².